The molecule has 116 valence electrons. The molecule has 0 fully saturated rings. The van der Waals surface area contributed by atoms with Crippen LogP contribution >= 0.6 is 0 Å². The lowest BCUT2D eigenvalue weighted by molar-refractivity contribution is 0.934. The highest BCUT2D eigenvalue weighted by Gasteiger charge is 2.02. The molecule has 3 aromatic rings. The molecule has 0 unspecified atom stereocenters. The van der Waals surface area contributed by atoms with E-state index in [1.807, 2.05) is 24.3 Å². The Labute approximate surface area is 135 Å². The molecule has 0 saturated heterocycles. The van der Waals surface area contributed by atoms with Gasteiger partial charge < -0.3 is 10.6 Å². The lowest BCUT2D eigenvalue weighted by Gasteiger charge is -2.09. The second-order valence-electron chi connectivity index (χ2n) is 5.16. The summed E-state index contributed by atoms with van der Waals surface area (Å²) < 4.78 is 0. The Morgan fingerprint density at radius 3 is 2.70 bits per heavy atom. The first kappa shape index (κ1) is 14.9. The van der Waals surface area contributed by atoms with Gasteiger partial charge in [0.1, 0.15) is 0 Å². The SMILES string of the molecule is Cc1ccccc1CNc1cnnc(NCc2cccnc2)n1. The summed E-state index contributed by atoms with van der Waals surface area (Å²) in [5.74, 6) is 1.18. The summed E-state index contributed by atoms with van der Waals surface area (Å²) in [6, 6.07) is 12.1. The molecule has 0 radical (unpaired) electrons. The van der Waals surface area contributed by atoms with E-state index < -0.39 is 0 Å². The van der Waals surface area contributed by atoms with Crippen molar-refractivity contribution in [2.45, 2.75) is 20.0 Å². The molecule has 0 aliphatic heterocycles. The molecule has 2 heterocycles. The van der Waals surface area contributed by atoms with Gasteiger partial charge in [-0.1, -0.05) is 30.3 Å². The van der Waals surface area contributed by atoms with Gasteiger partial charge in [0.05, 0.1) is 6.20 Å². The van der Waals surface area contributed by atoms with Crippen molar-refractivity contribution in [2.24, 2.45) is 0 Å². The van der Waals surface area contributed by atoms with Gasteiger partial charge in [-0.2, -0.15) is 10.1 Å². The first-order valence-electron chi connectivity index (χ1n) is 7.42. The lowest BCUT2D eigenvalue weighted by Crippen LogP contribution is -2.08. The number of rotatable bonds is 6. The van der Waals surface area contributed by atoms with Crippen LogP contribution in [0.3, 0.4) is 0 Å². The number of aryl methyl sites for hydroxylation is 1. The summed E-state index contributed by atoms with van der Waals surface area (Å²) >= 11 is 0. The topological polar surface area (TPSA) is 75.6 Å². The van der Waals surface area contributed by atoms with Crippen LogP contribution in [-0.2, 0) is 13.1 Å². The van der Waals surface area contributed by atoms with Crippen molar-refractivity contribution in [1.29, 1.82) is 0 Å². The maximum absolute atomic E-state index is 4.42. The maximum atomic E-state index is 4.42. The molecule has 0 bridgehead atoms. The minimum Gasteiger partial charge on any atom is -0.365 e. The van der Waals surface area contributed by atoms with Gasteiger partial charge in [0.15, 0.2) is 5.82 Å². The highest BCUT2D eigenvalue weighted by molar-refractivity contribution is 5.39. The van der Waals surface area contributed by atoms with E-state index in [0.29, 0.717) is 24.9 Å². The summed E-state index contributed by atoms with van der Waals surface area (Å²) in [7, 11) is 0. The zero-order valence-corrected chi connectivity index (χ0v) is 12.9. The van der Waals surface area contributed by atoms with Crippen LogP contribution in [0, 0.1) is 6.92 Å². The van der Waals surface area contributed by atoms with Gasteiger partial charge in [0.25, 0.3) is 0 Å². The van der Waals surface area contributed by atoms with Crippen molar-refractivity contribution in [3.05, 3.63) is 71.7 Å². The normalized spacial score (nSPS) is 10.3. The molecule has 6 heteroatoms. The molecule has 1 aromatic carbocycles. The van der Waals surface area contributed by atoms with E-state index in [0.717, 1.165) is 5.56 Å². The van der Waals surface area contributed by atoms with Crippen LogP contribution in [0.5, 0.6) is 0 Å². The van der Waals surface area contributed by atoms with Gasteiger partial charge in [-0.3, -0.25) is 4.98 Å². The second kappa shape index (κ2) is 7.31. The van der Waals surface area contributed by atoms with Gasteiger partial charge in [-0.05, 0) is 29.7 Å². The molecule has 23 heavy (non-hydrogen) atoms. The highest BCUT2D eigenvalue weighted by Crippen LogP contribution is 2.11. The average Bonchev–Trinajstić information content (AvgIpc) is 2.61. The monoisotopic (exact) mass is 306 g/mol. The van der Waals surface area contributed by atoms with Crippen LogP contribution in [0.15, 0.2) is 55.0 Å². The van der Waals surface area contributed by atoms with Crippen LogP contribution in [-0.4, -0.2) is 20.2 Å². The van der Waals surface area contributed by atoms with E-state index in [9.17, 15) is 0 Å². The number of hydrogen-bond acceptors (Lipinski definition) is 6. The Morgan fingerprint density at radius 2 is 1.87 bits per heavy atom. The summed E-state index contributed by atoms with van der Waals surface area (Å²) in [4.78, 5) is 8.49. The van der Waals surface area contributed by atoms with E-state index in [-0.39, 0.29) is 0 Å². The fraction of sp³-hybridized carbons (Fsp3) is 0.176. The number of pyridine rings is 1. The molecule has 3 rings (SSSR count). The van der Waals surface area contributed by atoms with Crippen LogP contribution in [0.4, 0.5) is 11.8 Å². The molecular weight excluding hydrogens is 288 g/mol. The lowest BCUT2D eigenvalue weighted by atomic mass is 10.1. The smallest absolute Gasteiger partial charge is 0.244 e. The number of nitrogens with one attached hydrogen (secondary N) is 2. The van der Waals surface area contributed by atoms with Crippen LogP contribution in [0.1, 0.15) is 16.7 Å². The van der Waals surface area contributed by atoms with Crippen molar-refractivity contribution in [3.63, 3.8) is 0 Å². The number of nitrogens with zero attached hydrogens (tertiary/aromatic N) is 4. The molecule has 0 atom stereocenters. The van der Waals surface area contributed by atoms with Crippen LogP contribution in [0.25, 0.3) is 0 Å². The van der Waals surface area contributed by atoms with Crippen LogP contribution in [0.2, 0.25) is 0 Å². The van der Waals surface area contributed by atoms with Gasteiger partial charge in [-0.25, -0.2) is 0 Å². The predicted molar refractivity (Wildman–Crippen MR) is 89.9 cm³/mol. The largest absolute Gasteiger partial charge is 0.365 e. The van der Waals surface area contributed by atoms with E-state index >= 15 is 0 Å². The Kier molecular flexibility index (Phi) is 4.73. The molecule has 0 aliphatic carbocycles. The first-order valence-corrected chi connectivity index (χ1v) is 7.42. The molecule has 0 aliphatic rings. The zero-order valence-electron chi connectivity index (χ0n) is 12.9. The quantitative estimate of drug-likeness (QED) is 0.729. The summed E-state index contributed by atoms with van der Waals surface area (Å²) in [6.07, 6.45) is 5.17. The highest BCUT2D eigenvalue weighted by atomic mass is 15.3. The third kappa shape index (κ3) is 4.23. The fourth-order valence-corrected chi connectivity index (χ4v) is 2.14. The van der Waals surface area contributed by atoms with E-state index in [1.165, 1.54) is 11.1 Å². The molecule has 2 aromatic heterocycles. The van der Waals surface area contributed by atoms with Crippen LogP contribution < -0.4 is 10.6 Å². The van der Waals surface area contributed by atoms with Crippen molar-refractivity contribution in [2.75, 3.05) is 10.6 Å². The maximum Gasteiger partial charge on any atom is 0.244 e. The minimum atomic E-state index is 0.489. The van der Waals surface area contributed by atoms with Crippen molar-refractivity contribution < 1.29 is 0 Å². The minimum absolute atomic E-state index is 0.489. The summed E-state index contributed by atoms with van der Waals surface area (Å²) in [6.45, 7) is 3.40. The fourth-order valence-electron chi connectivity index (χ4n) is 2.14. The van der Waals surface area contributed by atoms with E-state index in [1.54, 1.807) is 18.6 Å². The molecule has 0 saturated carbocycles. The Balaban J connectivity index is 1.60. The average molecular weight is 306 g/mol. The van der Waals surface area contributed by atoms with Crippen molar-refractivity contribution in [1.82, 2.24) is 20.2 Å². The molecule has 0 spiro atoms. The standard InChI is InChI=1S/C17H18N6/c1-13-5-2-3-7-15(13)11-19-16-12-21-23-17(22-16)20-10-14-6-4-8-18-9-14/h2-9,12H,10-11H2,1H3,(H2,19,20,22,23). The zero-order chi connectivity index (χ0) is 15.9. The number of anilines is 2. The van der Waals surface area contributed by atoms with Crippen molar-refractivity contribution in [3.8, 4) is 0 Å². The molecule has 0 amide bonds. The number of hydrogen-bond donors (Lipinski definition) is 2. The Morgan fingerprint density at radius 1 is 0.957 bits per heavy atom. The second-order valence-corrected chi connectivity index (χ2v) is 5.16. The van der Waals surface area contributed by atoms with Crippen molar-refractivity contribution >= 4 is 11.8 Å². The first-order chi connectivity index (χ1) is 11.3. The molecule has 6 nitrogen and oxygen atoms in total. The summed E-state index contributed by atoms with van der Waals surface area (Å²) in [5, 5.41) is 14.4. The summed E-state index contributed by atoms with van der Waals surface area (Å²) in [5.41, 5.74) is 3.54. The third-order valence-corrected chi connectivity index (χ3v) is 3.45. The van der Waals surface area contributed by atoms with E-state index in [4.69, 9.17) is 0 Å². The molecular formula is C17H18N6. The van der Waals surface area contributed by atoms with Gasteiger partial charge in [-0.15, -0.1) is 5.10 Å². The Bertz CT molecular complexity index is 760. The molecule has 2 N–H and O–H groups in total. The number of benzene rings is 1. The Hall–Kier alpha value is -3.02. The van der Waals surface area contributed by atoms with Gasteiger partial charge in [0, 0.05) is 25.5 Å². The third-order valence-electron chi connectivity index (χ3n) is 3.45. The number of aromatic nitrogens is 4. The van der Waals surface area contributed by atoms with Gasteiger partial charge >= 0.3 is 0 Å². The predicted octanol–water partition coefficient (Wildman–Crippen LogP) is 2.80. The van der Waals surface area contributed by atoms with E-state index in [2.05, 4.69) is 49.9 Å². The van der Waals surface area contributed by atoms with Gasteiger partial charge in [0.2, 0.25) is 5.95 Å².